The van der Waals surface area contributed by atoms with Crippen molar-refractivity contribution < 1.29 is 14.3 Å². The van der Waals surface area contributed by atoms with E-state index in [0.717, 1.165) is 81.8 Å². The van der Waals surface area contributed by atoms with Crippen LogP contribution in [0.5, 0.6) is 0 Å². The van der Waals surface area contributed by atoms with Gasteiger partial charge in [0.1, 0.15) is 0 Å². The minimum atomic E-state index is -0.667. The minimum Gasteiger partial charge on any atom is -0.467 e. The molecular formula is C29H40Cl2N2O3S. The van der Waals surface area contributed by atoms with Crippen LogP contribution in [0.3, 0.4) is 0 Å². The molecule has 3 fully saturated rings. The first-order valence-electron chi connectivity index (χ1n) is 13.4. The van der Waals surface area contributed by atoms with Crippen LogP contribution in [0.1, 0.15) is 68.9 Å². The van der Waals surface area contributed by atoms with Gasteiger partial charge in [0.15, 0.2) is 5.60 Å². The molecule has 4 heterocycles. The first-order valence-corrected chi connectivity index (χ1v) is 15.1. The average Bonchev–Trinajstić information content (AvgIpc) is 3.65. The van der Waals surface area contributed by atoms with Crippen LogP contribution >= 0.6 is 34.5 Å². The predicted octanol–water partition coefficient (Wildman–Crippen LogP) is 7.02. The Morgan fingerprint density at radius 3 is 2.59 bits per heavy atom. The highest BCUT2D eigenvalue weighted by atomic mass is 35.5. The zero-order chi connectivity index (χ0) is 26.5. The number of esters is 1. The van der Waals surface area contributed by atoms with E-state index < -0.39 is 5.60 Å². The van der Waals surface area contributed by atoms with E-state index in [2.05, 4.69) is 40.6 Å². The largest absolute Gasteiger partial charge is 0.467 e. The van der Waals surface area contributed by atoms with Crippen LogP contribution in [0, 0.1) is 0 Å². The molecule has 2 atom stereocenters. The van der Waals surface area contributed by atoms with Crippen LogP contribution in [-0.4, -0.2) is 67.3 Å². The Morgan fingerprint density at radius 1 is 1.16 bits per heavy atom. The summed E-state index contributed by atoms with van der Waals surface area (Å²) in [6.45, 7) is 7.38. The quantitative estimate of drug-likeness (QED) is 0.351. The number of ether oxygens (including phenoxy) is 2. The van der Waals surface area contributed by atoms with Crippen molar-refractivity contribution in [1.29, 1.82) is 0 Å². The molecule has 1 spiro atoms. The lowest BCUT2D eigenvalue weighted by atomic mass is 9.87. The van der Waals surface area contributed by atoms with Crippen LogP contribution in [0.15, 0.2) is 35.0 Å². The molecule has 3 aliphatic heterocycles. The molecule has 0 amide bonds. The summed E-state index contributed by atoms with van der Waals surface area (Å²) in [6.07, 6.45) is 6.84. The van der Waals surface area contributed by atoms with E-state index in [-0.39, 0.29) is 11.6 Å². The summed E-state index contributed by atoms with van der Waals surface area (Å²) in [7, 11) is 3.60. The fourth-order valence-corrected chi connectivity index (χ4v) is 7.19. The van der Waals surface area contributed by atoms with E-state index in [9.17, 15) is 4.79 Å². The van der Waals surface area contributed by atoms with Crippen molar-refractivity contribution in [1.82, 2.24) is 9.80 Å². The lowest BCUT2D eigenvalue weighted by molar-refractivity contribution is -0.183. The highest BCUT2D eigenvalue weighted by Crippen LogP contribution is 2.46. The highest BCUT2D eigenvalue weighted by Gasteiger charge is 2.54. The number of methoxy groups -OCH3 is 1. The Balaban J connectivity index is 0.000000173. The van der Waals surface area contributed by atoms with Crippen molar-refractivity contribution in [2.45, 2.75) is 75.5 Å². The van der Waals surface area contributed by atoms with Crippen molar-refractivity contribution in [2.75, 3.05) is 40.3 Å². The van der Waals surface area contributed by atoms with Crippen molar-refractivity contribution in [2.24, 2.45) is 0 Å². The number of likely N-dealkylation sites (tertiary alicyclic amines) is 2. The zero-order valence-corrected chi connectivity index (χ0v) is 24.6. The third-order valence-corrected chi connectivity index (χ3v) is 9.49. The van der Waals surface area contributed by atoms with Gasteiger partial charge in [-0.1, -0.05) is 42.6 Å². The summed E-state index contributed by atoms with van der Waals surface area (Å²) in [5.74, 6) is 0.498. The first kappa shape index (κ1) is 28.8. The van der Waals surface area contributed by atoms with E-state index in [1.54, 1.807) is 11.3 Å². The van der Waals surface area contributed by atoms with Gasteiger partial charge in [-0.15, -0.1) is 0 Å². The first-order chi connectivity index (χ1) is 17.8. The zero-order valence-electron chi connectivity index (χ0n) is 22.3. The van der Waals surface area contributed by atoms with Gasteiger partial charge in [-0.05, 0) is 98.1 Å². The summed E-state index contributed by atoms with van der Waals surface area (Å²) >= 11 is 13.9. The molecule has 1 unspecified atom stereocenters. The third-order valence-electron chi connectivity index (χ3n) is 8.20. The van der Waals surface area contributed by atoms with Crippen LogP contribution < -0.4 is 0 Å². The molecule has 0 bridgehead atoms. The molecule has 37 heavy (non-hydrogen) atoms. The van der Waals surface area contributed by atoms with Gasteiger partial charge in [-0.2, -0.15) is 11.3 Å². The molecule has 3 saturated heterocycles. The van der Waals surface area contributed by atoms with Gasteiger partial charge >= 0.3 is 5.97 Å². The third kappa shape index (κ3) is 7.09. The standard InChI is InChI=1S/C15H15Cl2NS.C14H25NO3/c16-14-2-1-12(15(17)7-14)9-18-5-3-11(8-18)13-4-6-19-10-13;1-4-5-14(12(16)17-3)7-6-13(18-14)8-10-15(2)11-9-13/h1-2,4,6-7,10-11H,3,5,8-9H2;4-11H2,1-3H3/t11-;/m1./s1. The molecular weight excluding hydrogens is 527 g/mol. The van der Waals surface area contributed by atoms with Crippen LogP contribution in [0.2, 0.25) is 10.0 Å². The number of hydrogen-bond donors (Lipinski definition) is 0. The number of benzene rings is 1. The molecule has 5 rings (SSSR count). The number of hydrogen-bond acceptors (Lipinski definition) is 6. The fourth-order valence-electron chi connectivity index (χ4n) is 5.98. The number of piperidine rings is 1. The average molecular weight is 568 g/mol. The summed E-state index contributed by atoms with van der Waals surface area (Å²) in [6, 6.07) is 8.01. The Labute approximate surface area is 236 Å². The number of carbonyl (C=O) groups excluding carboxylic acids is 1. The van der Waals surface area contributed by atoms with Gasteiger partial charge in [0, 0.05) is 36.2 Å². The normalized spacial score (nSPS) is 25.7. The number of nitrogens with zero attached hydrogens (tertiary/aromatic N) is 2. The van der Waals surface area contributed by atoms with Gasteiger partial charge in [0.2, 0.25) is 0 Å². The van der Waals surface area contributed by atoms with E-state index >= 15 is 0 Å². The van der Waals surface area contributed by atoms with Crippen molar-refractivity contribution in [3.63, 3.8) is 0 Å². The molecule has 5 nitrogen and oxygen atoms in total. The highest BCUT2D eigenvalue weighted by molar-refractivity contribution is 7.08. The topological polar surface area (TPSA) is 42.0 Å². The van der Waals surface area contributed by atoms with Gasteiger partial charge in [0.25, 0.3) is 0 Å². The molecule has 3 aliphatic rings. The van der Waals surface area contributed by atoms with Crippen LogP contribution in [0.25, 0.3) is 0 Å². The van der Waals surface area contributed by atoms with Gasteiger partial charge in [-0.25, -0.2) is 4.79 Å². The molecule has 2 aromatic rings. The Morgan fingerprint density at radius 2 is 1.95 bits per heavy atom. The Bertz CT molecular complexity index is 1030. The number of carbonyl (C=O) groups is 1. The molecule has 0 N–H and O–H groups in total. The minimum absolute atomic E-state index is 0.0735. The van der Waals surface area contributed by atoms with Crippen molar-refractivity contribution >= 4 is 40.5 Å². The molecule has 1 aromatic heterocycles. The lowest BCUT2D eigenvalue weighted by Gasteiger charge is -2.39. The molecule has 0 aliphatic carbocycles. The van der Waals surface area contributed by atoms with E-state index in [1.165, 1.54) is 19.1 Å². The van der Waals surface area contributed by atoms with Gasteiger partial charge in [-0.3, -0.25) is 4.90 Å². The van der Waals surface area contributed by atoms with Crippen molar-refractivity contribution in [3.05, 3.63) is 56.2 Å². The second-order valence-electron chi connectivity index (χ2n) is 10.8. The fraction of sp³-hybridized carbons (Fsp3) is 0.621. The number of thiophene rings is 1. The van der Waals surface area contributed by atoms with Crippen LogP contribution in [0.4, 0.5) is 0 Å². The van der Waals surface area contributed by atoms with Crippen molar-refractivity contribution in [3.8, 4) is 0 Å². The smallest absolute Gasteiger partial charge is 0.338 e. The second-order valence-corrected chi connectivity index (χ2v) is 12.5. The monoisotopic (exact) mass is 566 g/mol. The Hall–Kier alpha value is -1.15. The molecule has 1 aromatic carbocycles. The number of rotatable bonds is 6. The number of halogens is 2. The van der Waals surface area contributed by atoms with Gasteiger partial charge < -0.3 is 14.4 Å². The second kappa shape index (κ2) is 12.8. The maximum absolute atomic E-state index is 12.1. The summed E-state index contributed by atoms with van der Waals surface area (Å²) in [5.41, 5.74) is 1.90. The summed E-state index contributed by atoms with van der Waals surface area (Å²) in [5, 5.41) is 5.90. The van der Waals surface area contributed by atoms with Gasteiger partial charge in [0.05, 0.1) is 12.7 Å². The SMILES string of the molecule is CCCC1(C(=O)OC)CCC2(CCN(C)CC2)O1.Clc1ccc(CN2CC[C@@H](c3ccsc3)C2)c(Cl)c1. The van der Waals surface area contributed by atoms with Crippen LogP contribution in [-0.2, 0) is 20.8 Å². The summed E-state index contributed by atoms with van der Waals surface area (Å²) < 4.78 is 11.3. The molecule has 0 saturated carbocycles. The van der Waals surface area contributed by atoms with E-state index in [4.69, 9.17) is 32.7 Å². The molecule has 0 radical (unpaired) electrons. The van der Waals surface area contributed by atoms with E-state index in [0.29, 0.717) is 10.9 Å². The molecule has 8 heteroatoms. The molecule has 204 valence electrons. The Kier molecular flexibility index (Phi) is 9.98. The van der Waals surface area contributed by atoms with E-state index in [1.807, 2.05) is 18.2 Å². The lowest BCUT2D eigenvalue weighted by Crippen LogP contribution is -2.47. The summed E-state index contributed by atoms with van der Waals surface area (Å²) in [4.78, 5) is 16.9. The maximum Gasteiger partial charge on any atom is 0.338 e. The maximum atomic E-state index is 12.1. The predicted molar refractivity (Wildman–Crippen MR) is 153 cm³/mol.